The molecule has 104 valence electrons. The van der Waals surface area contributed by atoms with E-state index in [1.54, 1.807) is 12.1 Å². The van der Waals surface area contributed by atoms with Crippen molar-refractivity contribution >= 4 is 17.3 Å². The van der Waals surface area contributed by atoms with E-state index in [0.29, 0.717) is 11.3 Å². The summed E-state index contributed by atoms with van der Waals surface area (Å²) in [7, 11) is 0. The second-order valence-electron chi connectivity index (χ2n) is 4.24. The van der Waals surface area contributed by atoms with E-state index in [9.17, 15) is 15.2 Å². The second kappa shape index (κ2) is 5.90. The maximum atomic E-state index is 10.8. The van der Waals surface area contributed by atoms with Gasteiger partial charge < -0.3 is 9.84 Å². The van der Waals surface area contributed by atoms with Crippen molar-refractivity contribution in [3.05, 3.63) is 62.7 Å². The lowest BCUT2D eigenvalue weighted by Gasteiger charge is -2.11. The lowest BCUT2D eigenvalue weighted by Crippen LogP contribution is -1.94. The van der Waals surface area contributed by atoms with Crippen LogP contribution in [0.4, 0.5) is 5.69 Å². The van der Waals surface area contributed by atoms with Gasteiger partial charge in [-0.15, -0.1) is 0 Å². The minimum atomic E-state index is -0.523. The minimum absolute atomic E-state index is 0.109. The molecule has 0 atom stereocenters. The zero-order valence-electron chi connectivity index (χ0n) is 10.7. The maximum Gasteiger partial charge on any atom is 0.273 e. The molecule has 0 aliphatic heterocycles. The number of aliphatic hydroxyl groups is 1. The molecule has 0 heterocycles. The van der Waals surface area contributed by atoms with E-state index in [4.69, 9.17) is 16.3 Å². The monoisotopic (exact) mass is 293 g/mol. The molecule has 0 aliphatic carbocycles. The van der Waals surface area contributed by atoms with Crippen LogP contribution in [0.3, 0.4) is 0 Å². The number of nitro benzene ring substituents is 1. The fourth-order valence-electron chi connectivity index (χ4n) is 1.73. The highest BCUT2D eigenvalue weighted by atomic mass is 35.5. The predicted octanol–water partition coefficient (Wildman–Crippen LogP) is 3.84. The number of aliphatic hydroxyl groups excluding tert-OH is 1. The molecule has 0 fully saturated rings. The molecule has 20 heavy (non-hydrogen) atoms. The molecule has 0 aromatic heterocycles. The van der Waals surface area contributed by atoms with Crippen molar-refractivity contribution in [3.8, 4) is 11.5 Å². The minimum Gasteiger partial charge on any atom is -0.455 e. The summed E-state index contributed by atoms with van der Waals surface area (Å²) < 4.78 is 5.58. The number of nitro groups is 1. The van der Waals surface area contributed by atoms with E-state index >= 15 is 0 Å². The molecule has 2 aromatic rings. The van der Waals surface area contributed by atoms with Gasteiger partial charge in [-0.1, -0.05) is 29.3 Å². The molecule has 5 nitrogen and oxygen atoms in total. The molecule has 6 heteroatoms. The van der Waals surface area contributed by atoms with Crippen molar-refractivity contribution < 1.29 is 14.8 Å². The van der Waals surface area contributed by atoms with Gasteiger partial charge >= 0.3 is 0 Å². The second-order valence-corrected chi connectivity index (χ2v) is 4.65. The highest BCUT2D eigenvalue weighted by Crippen LogP contribution is 2.34. The number of benzene rings is 2. The number of halogens is 1. The van der Waals surface area contributed by atoms with Crippen LogP contribution in [0.15, 0.2) is 36.4 Å². The fraction of sp³-hybridized carbons (Fsp3) is 0.143. The molecule has 0 unspecified atom stereocenters. The Labute approximate surface area is 120 Å². The van der Waals surface area contributed by atoms with Crippen molar-refractivity contribution in [2.24, 2.45) is 0 Å². The number of hydrogen-bond donors (Lipinski definition) is 1. The van der Waals surface area contributed by atoms with Gasteiger partial charge in [-0.2, -0.15) is 0 Å². The van der Waals surface area contributed by atoms with Crippen LogP contribution in [0.25, 0.3) is 0 Å². The standard InChI is InChI=1S/C14H12ClNO4/c1-9-2-5-13(10(6-9)8-17)20-14-7-11(16(18)19)3-4-12(14)15/h2-7,17H,8H2,1H3. The smallest absolute Gasteiger partial charge is 0.273 e. The summed E-state index contributed by atoms with van der Waals surface area (Å²) in [6.07, 6.45) is 0. The third-order valence-corrected chi connectivity index (χ3v) is 3.04. The van der Waals surface area contributed by atoms with Crippen LogP contribution < -0.4 is 4.74 Å². The van der Waals surface area contributed by atoms with Crippen LogP contribution >= 0.6 is 11.6 Å². The van der Waals surface area contributed by atoms with E-state index in [1.807, 2.05) is 13.0 Å². The van der Waals surface area contributed by atoms with E-state index in [1.165, 1.54) is 18.2 Å². The van der Waals surface area contributed by atoms with Gasteiger partial charge in [0.1, 0.15) is 5.75 Å². The van der Waals surface area contributed by atoms with E-state index in [0.717, 1.165) is 5.56 Å². The van der Waals surface area contributed by atoms with Gasteiger partial charge in [-0.25, -0.2) is 0 Å². The first kappa shape index (κ1) is 14.3. The Balaban J connectivity index is 2.39. The maximum absolute atomic E-state index is 10.8. The number of ether oxygens (including phenoxy) is 1. The number of hydrogen-bond acceptors (Lipinski definition) is 4. The quantitative estimate of drug-likeness (QED) is 0.686. The van der Waals surface area contributed by atoms with Crippen LogP contribution in [0.1, 0.15) is 11.1 Å². The van der Waals surface area contributed by atoms with E-state index in [-0.39, 0.29) is 23.1 Å². The SMILES string of the molecule is Cc1ccc(Oc2cc([N+](=O)[O-])ccc2Cl)c(CO)c1. The zero-order chi connectivity index (χ0) is 14.7. The lowest BCUT2D eigenvalue weighted by molar-refractivity contribution is -0.384. The molecule has 1 N–H and O–H groups in total. The zero-order valence-corrected chi connectivity index (χ0v) is 11.4. The molecule has 0 saturated heterocycles. The van der Waals surface area contributed by atoms with E-state index in [2.05, 4.69) is 0 Å². The Hall–Kier alpha value is -2.11. The molecule has 0 radical (unpaired) electrons. The van der Waals surface area contributed by atoms with Crippen molar-refractivity contribution in [1.82, 2.24) is 0 Å². The van der Waals surface area contributed by atoms with E-state index < -0.39 is 4.92 Å². The van der Waals surface area contributed by atoms with Gasteiger partial charge in [0.05, 0.1) is 22.6 Å². The Morgan fingerprint density at radius 2 is 2.00 bits per heavy atom. The molecule has 0 aliphatic rings. The Morgan fingerprint density at radius 1 is 1.25 bits per heavy atom. The molecule has 0 bridgehead atoms. The molecule has 0 amide bonds. The van der Waals surface area contributed by atoms with Gasteiger partial charge in [-0.05, 0) is 19.1 Å². The normalized spacial score (nSPS) is 10.3. The number of aryl methyl sites for hydroxylation is 1. The summed E-state index contributed by atoms with van der Waals surface area (Å²) in [6, 6.07) is 9.25. The summed E-state index contributed by atoms with van der Waals surface area (Å²) in [5.41, 5.74) is 1.46. The van der Waals surface area contributed by atoms with Crippen molar-refractivity contribution in [2.75, 3.05) is 0 Å². The summed E-state index contributed by atoms with van der Waals surface area (Å²) in [4.78, 5) is 10.2. The van der Waals surface area contributed by atoms with Gasteiger partial charge in [0.2, 0.25) is 0 Å². The Kier molecular flexibility index (Phi) is 4.22. The lowest BCUT2D eigenvalue weighted by atomic mass is 10.1. The third-order valence-electron chi connectivity index (χ3n) is 2.73. The summed E-state index contributed by atoms with van der Waals surface area (Å²) in [5, 5.41) is 20.3. The number of nitrogens with zero attached hydrogens (tertiary/aromatic N) is 1. The van der Waals surface area contributed by atoms with Crippen LogP contribution in [0.5, 0.6) is 11.5 Å². The summed E-state index contributed by atoms with van der Waals surface area (Å²) >= 11 is 5.97. The first-order chi connectivity index (χ1) is 9.51. The molecule has 2 rings (SSSR count). The summed E-state index contributed by atoms with van der Waals surface area (Å²) in [5.74, 6) is 0.597. The first-order valence-electron chi connectivity index (χ1n) is 5.83. The third kappa shape index (κ3) is 3.07. The van der Waals surface area contributed by atoms with Crippen LogP contribution in [-0.2, 0) is 6.61 Å². The fourth-order valence-corrected chi connectivity index (χ4v) is 1.89. The Bertz CT molecular complexity index is 658. The first-order valence-corrected chi connectivity index (χ1v) is 6.21. The molecule has 0 saturated carbocycles. The highest BCUT2D eigenvalue weighted by Gasteiger charge is 2.13. The molecular weight excluding hydrogens is 282 g/mol. The summed E-state index contributed by atoms with van der Waals surface area (Å²) in [6.45, 7) is 1.70. The van der Waals surface area contributed by atoms with Crippen LogP contribution in [0.2, 0.25) is 5.02 Å². The number of non-ortho nitro benzene ring substituents is 1. The van der Waals surface area contributed by atoms with Gasteiger partial charge in [0.15, 0.2) is 5.75 Å². The van der Waals surface area contributed by atoms with Gasteiger partial charge in [0.25, 0.3) is 5.69 Å². The van der Waals surface area contributed by atoms with Crippen molar-refractivity contribution in [3.63, 3.8) is 0 Å². The predicted molar refractivity (Wildman–Crippen MR) is 75.3 cm³/mol. The number of rotatable bonds is 4. The van der Waals surface area contributed by atoms with Crippen molar-refractivity contribution in [1.29, 1.82) is 0 Å². The largest absolute Gasteiger partial charge is 0.455 e. The van der Waals surface area contributed by atoms with Crippen molar-refractivity contribution in [2.45, 2.75) is 13.5 Å². The topological polar surface area (TPSA) is 72.6 Å². The van der Waals surface area contributed by atoms with Gasteiger partial charge in [0, 0.05) is 11.6 Å². The average molecular weight is 294 g/mol. The average Bonchev–Trinajstić information content (AvgIpc) is 2.42. The van der Waals surface area contributed by atoms with Crippen LogP contribution in [-0.4, -0.2) is 10.0 Å². The molecule has 0 spiro atoms. The highest BCUT2D eigenvalue weighted by molar-refractivity contribution is 6.32. The molecule has 2 aromatic carbocycles. The Morgan fingerprint density at radius 3 is 2.65 bits per heavy atom. The molecular formula is C14H12ClNO4. The van der Waals surface area contributed by atoms with Gasteiger partial charge in [-0.3, -0.25) is 10.1 Å². The van der Waals surface area contributed by atoms with Crippen LogP contribution in [0, 0.1) is 17.0 Å².